The molecule has 1 fully saturated rings. The van der Waals surface area contributed by atoms with Gasteiger partial charge in [0.15, 0.2) is 0 Å². The summed E-state index contributed by atoms with van der Waals surface area (Å²) in [5.74, 6) is 1.69. The second-order valence-electron chi connectivity index (χ2n) is 7.26. The van der Waals surface area contributed by atoms with Crippen LogP contribution >= 0.6 is 11.6 Å². The molecule has 2 heterocycles. The fourth-order valence-electron chi connectivity index (χ4n) is 3.58. The Kier molecular flexibility index (Phi) is 6.30. The molecule has 0 aliphatic carbocycles. The average molecular weight is 427 g/mol. The maximum Gasteiger partial charge on any atom is 0.241 e. The Morgan fingerprint density at radius 2 is 2.00 bits per heavy atom. The van der Waals surface area contributed by atoms with E-state index in [1.165, 1.54) is 0 Å². The van der Waals surface area contributed by atoms with Gasteiger partial charge in [0.2, 0.25) is 17.6 Å². The number of nitrogens with one attached hydrogen (secondary N) is 1. The number of carbonyl (C=O) groups is 1. The number of methoxy groups -OCH3 is 1. The third kappa shape index (κ3) is 4.80. The number of amides is 1. The van der Waals surface area contributed by atoms with E-state index in [4.69, 9.17) is 20.9 Å². The number of rotatable bonds is 6. The maximum atomic E-state index is 12.7. The van der Waals surface area contributed by atoms with E-state index in [9.17, 15) is 4.79 Å². The van der Waals surface area contributed by atoms with Gasteiger partial charge in [0.25, 0.3) is 0 Å². The smallest absolute Gasteiger partial charge is 0.241 e. The molecule has 0 saturated carbocycles. The van der Waals surface area contributed by atoms with E-state index < -0.39 is 0 Å². The predicted octanol–water partition coefficient (Wildman–Crippen LogP) is 4.25. The lowest BCUT2D eigenvalue weighted by Gasteiger charge is -2.30. The van der Waals surface area contributed by atoms with Crippen molar-refractivity contribution in [1.29, 1.82) is 0 Å². The van der Waals surface area contributed by atoms with Crippen molar-refractivity contribution in [1.82, 2.24) is 15.0 Å². The van der Waals surface area contributed by atoms with Gasteiger partial charge in [-0.3, -0.25) is 9.69 Å². The summed E-state index contributed by atoms with van der Waals surface area (Å²) < 4.78 is 10.7. The van der Waals surface area contributed by atoms with Gasteiger partial charge < -0.3 is 14.6 Å². The standard InChI is InChI=1S/C22H23ClN4O3/c1-29-19-8-7-17(23)13-18(19)24-22(28)16-9-11-27(12-10-16)14-20-25-21(26-30-20)15-5-3-2-4-6-15/h2-8,13,16H,9-12,14H2,1H3,(H,24,28). The van der Waals surface area contributed by atoms with Gasteiger partial charge in [-0.2, -0.15) is 4.98 Å². The fraction of sp³-hybridized carbons (Fsp3) is 0.318. The second kappa shape index (κ2) is 9.28. The highest BCUT2D eigenvalue weighted by molar-refractivity contribution is 6.31. The van der Waals surface area contributed by atoms with Crippen molar-refractivity contribution < 1.29 is 14.1 Å². The van der Waals surface area contributed by atoms with E-state index in [1.54, 1.807) is 25.3 Å². The number of hydrogen-bond acceptors (Lipinski definition) is 6. The van der Waals surface area contributed by atoms with Crippen LogP contribution in [-0.4, -0.2) is 41.1 Å². The normalized spacial score (nSPS) is 15.1. The highest BCUT2D eigenvalue weighted by Gasteiger charge is 2.26. The zero-order chi connectivity index (χ0) is 20.9. The zero-order valence-electron chi connectivity index (χ0n) is 16.7. The molecule has 4 rings (SSSR count). The van der Waals surface area contributed by atoms with Crippen LogP contribution in [-0.2, 0) is 11.3 Å². The average Bonchev–Trinajstić information content (AvgIpc) is 3.23. The van der Waals surface area contributed by atoms with Crippen LogP contribution in [0, 0.1) is 5.92 Å². The van der Waals surface area contributed by atoms with Crippen LogP contribution < -0.4 is 10.1 Å². The van der Waals surface area contributed by atoms with Crippen molar-refractivity contribution >= 4 is 23.2 Å². The van der Waals surface area contributed by atoms with Gasteiger partial charge >= 0.3 is 0 Å². The van der Waals surface area contributed by atoms with Crippen molar-refractivity contribution in [2.45, 2.75) is 19.4 Å². The van der Waals surface area contributed by atoms with Crippen molar-refractivity contribution in [3.05, 3.63) is 59.4 Å². The number of anilines is 1. The topological polar surface area (TPSA) is 80.5 Å². The predicted molar refractivity (Wildman–Crippen MR) is 114 cm³/mol. The molecule has 1 aliphatic heterocycles. The minimum atomic E-state index is -0.0625. The molecule has 0 atom stereocenters. The van der Waals surface area contributed by atoms with E-state index in [0.717, 1.165) is 31.5 Å². The first-order valence-corrected chi connectivity index (χ1v) is 10.2. The van der Waals surface area contributed by atoms with Crippen molar-refractivity contribution in [2.75, 3.05) is 25.5 Å². The lowest BCUT2D eigenvalue weighted by molar-refractivity contribution is -0.121. The number of ether oxygens (including phenoxy) is 1. The molecule has 0 bridgehead atoms. The molecule has 3 aromatic rings. The third-order valence-corrected chi connectivity index (χ3v) is 5.47. The number of carbonyl (C=O) groups excluding carboxylic acids is 1. The Balaban J connectivity index is 1.30. The Bertz CT molecular complexity index is 1000. The first kappa shape index (κ1) is 20.4. The summed E-state index contributed by atoms with van der Waals surface area (Å²) in [4.78, 5) is 19.4. The lowest BCUT2D eigenvalue weighted by atomic mass is 9.96. The molecule has 1 amide bonds. The van der Waals surface area contributed by atoms with Crippen molar-refractivity contribution in [3.8, 4) is 17.1 Å². The van der Waals surface area contributed by atoms with Gasteiger partial charge in [0, 0.05) is 16.5 Å². The molecule has 156 valence electrons. The van der Waals surface area contributed by atoms with Crippen LogP contribution in [0.2, 0.25) is 5.02 Å². The molecule has 1 N–H and O–H groups in total. The summed E-state index contributed by atoms with van der Waals surface area (Å²) in [6, 6.07) is 14.9. The van der Waals surface area contributed by atoms with Crippen LogP contribution in [0.1, 0.15) is 18.7 Å². The van der Waals surface area contributed by atoms with E-state index in [2.05, 4.69) is 20.4 Å². The SMILES string of the molecule is COc1ccc(Cl)cc1NC(=O)C1CCN(Cc2nc(-c3ccccc3)no2)CC1. The Hall–Kier alpha value is -2.90. The molecule has 30 heavy (non-hydrogen) atoms. The summed E-state index contributed by atoms with van der Waals surface area (Å²) in [5.41, 5.74) is 1.52. The lowest BCUT2D eigenvalue weighted by Crippen LogP contribution is -2.37. The molecule has 0 spiro atoms. The van der Waals surface area contributed by atoms with E-state index in [1.807, 2.05) is 30.3 Å². The highest BCUT2D eigenvalue weighted by Crippen LogP contribution is 2.29. The number of aromatic nitrogens is 2. The number of benzene rings is 2. The first-order valence-electron chi connectivity index (χ1n) is 9.87. The number of hydrogen-bond donors (Lipinski definition) is 1. The maximum absolute atomic E-state index is 12.7. The minimum absolute atomic E-state index is 0.0145. The molecule has 8 heteroatoms. The Labute approximate surface area is 180 Å². The van der Waals surface area contributed by atoms with Gasteiger partial charge in [-0.25, -0.2) is 0 Å². The summed E-state index contributed by atoms with van der Waals surface area (Å²) in [5, 5.41) is 7.57. The van der Waals surface area contributed by atoms with Crippen LogP contribution in [0.3, 0.4) is 0 Å². The highest BCUT2D eigenvalue weighted by atomic mass is 35.5. The van der Waals surface area contributed by atoms with Crippen molar-refractivity contribution in [3.63, 3.8) is 0 Å². The summed E-state index contributed by atoms with van der Waals surface area (Å²) in [6.45, 7) is 2.15. The molecule has 0 unspecified atom stereocenters. The Morgan fingerprint density at radius 3 is 2.73 bits per heavy atom. The fourth-order valence-corrected chi connectivity index (χ4v) is 3.75. The third-order valence-electron chi connectivity index (χ3n) is 5.24. The summed E-state index contributed by atoms with van der Waals surface area (Å²) in [6.07, 6.45) is 1.52. The van der Waals surface area contributed by atoms with Crippen LogP contribution in [0.4, 0.5) is 5.69 Å². The molecule has 7 nitrogen and oxygen atoms in total. The zero-order valence-corrected chi connectivity index (χ0v) is 17.4. The number of piperidine rings is 1. The van der Waals surface area contributed by atoms with Gasteiger partial charge in [0.1, 0.15) is 5.75 Å². The molecule has 1 aromatic heterocycles. The monoisotopic (exact) mass is 426 g/mol. The molecule has 2 aromatic carbocycles. The van der Waals surface area contributed by atoms with Crippen LogP contribution in [0.15, 0.2) is 53.1 Å². The molecular formula is C22H23ClN4O3. The van der Waals surface area contributed by atoms with Gasteiger partial charge in [-0.15, -0.1) is 0 Å². The molecule has 0 radical (unpaired) electrons. The van der Waals surface area contributed by atoms with E-state index in [0.29, 0.717) is 34.7 Å². The van der Waals surface area contributed by atoms with E-state index in [-0.39, 0.29) is 11.8 Å². The molecule has 1 saturated heterocycles. The van der Waals surface area contributed by atoms with E-state index >= 15 is 0 Å². The largest absolute Gasteiger partial charge is 0.495 e. The second-order valence-corrected chi connectivity index (χ2v) is 7.70. The minimum Gasteiger partial charge on any atom is -0.495 e. The molecule has 1 aliphatic rings. The number of likely N-dealkylation sites (tertiary alicyclic amines) is 1. The van der Waals surface area contributed by atoms with Gasteiger partial charge in [0.05, 0.1) is 19.3 Å². The van der Waals surface area contributed by atoms with Crippen molar-refractivity contribution in [2.24, 2.45) is 5.92 Å². The van der Waals surface area contributed by atoms with Gasteiger partial charge in [-0.05, 0) is 44.1 Å². The van der Waals surface area contributed by atoms with Crippen LogP contribution in [0.5, 0.6) is 5.75 Å². The molecular weight excluding hydrogens is 404 g/mol. The van der Waals surface area contributed by atoms with Crippen LogP contribution in [0.25, 0.3) is 11.4 Å². The summed E-state index contributed by atoms with van der Waals surface area (Å²) >= 11 is 6.05. The number of nitrogens with zero attached hydrogens (tertiary/aromatic N) is 3. The van der Waals surface area contributed by atoms with Gasteiger partial charge in [-0.1, -0.05) is 47.1 Å². The Morgan fingerprint density at radius 1 is 1.23 bits per heavy atom. The first-order chi connectivity index (χ1) is 14.6. The summed E-state index contributed by atoms with van der Waals surface area (Å²) in [7, 11) is 1.57. The quantitative estimate of drug-likeness (QED) is 0.634. The number of halogens is 1.